The van der Waals surface area contributed by atoms with Crippen molar-refractivity contribution in [3.63, 3.8) is 0 Å². The molecular weight excluding hydrogens is 206 g/mol. The summed E-state index contributed by atoms with van der Waals surface area (Å²) in [4.78, 5) is 15.3. The van der Waals surface area contributed by atoms with Gasteiger partial charge in [0.15, 0.2) is 12.0 Å². The first kappa shape index (κ1) is 10.6. The molecule has 0 aliphatic rings. The van der Waals surface area contributed by atoms with Gasteiger partial charge in [-0.05, 0) is 24.1 Å². The molecule has 0 fully saturated rings. The van der Waals surface area contributed by atoms with E-state index in [9.17, 15) is 4.79 Å². The van der Waals surface area contributed by atoms with Gasteiger partial charge in [-0.1, -0.05) is 6.07 Å². The van der Waals surface area contributed by atoms with Crippen molar-refractivity contribution < 1.29 is 9.21 Å². The Hall–Kier alpha value is -1.88. The minimum absolute atomic E-state index is 0.0855. The van der Waals surface area contributed by atoms with Gasteiger partial charge in [0.2, 0.25) is 5.91 Å². The monoisotopic (exact) mass is 219 g/mol. The van der Waals surface area contributed by atoms with E-state index in [1.165, 1.54) is 6.39 Å². The molecule has 0 atom stereocenters. The van der Waals surface area contributed by atoms with Gasteiger partial charge < -0.3 is 4.42 Å². The molecule has 0 radical (unpaired) electrons. The Labute approximate surface area is 92.8 Å². The fourth-order valence-electron chi connectivity index (χ4n) is 1.48. The number of oxazole rings is 1. The van der Waals surface area contributed by atoms with Crippen LogP contribution in [-0.2, 0) is 11.2 Å². The van der Waals surface area contributed by atoms with Crippen molar-refractivity contribution in [3.05, 3.63) is 30.2 Å². The van der Waals surface area contributed by atoms with E-state index in [-0.39, 0.29) is 5.91 Å². The predicted octanol–water partition coefficient (Wildman–Crippen LogP) is 1.09. The first-order valence-electron chi connectivity index (χ1n) is 5.00. The van der Waals surface area contributed by atoms with E-state index < -0.39 is 0 Å². The van der Waals surface area contributed by atoms with Crippen molar-refractivity contribution in [1.82, 2.24) is 9.99 Å². The van der Waals surface area contributed by atoms with Crippen LogP contribution in [0.25, 0.3) is 11.1 Å². The number of hydrogen-bond donors (Lipinski definition) is 1. The maximum atomic E-state index is 11.3. The van der Waals surface area contributed by atoms with Gasteiger partial charge >= 0.3 is 0 Å². The molecule has 2 N–H and O–H groups in total. The second-order valence-corrected chi connectivity index (χ2v) is 3.66. The predicted molar refractivity (Wildman–Crippen MR) is 59.3 cm³/mol. The number of nitrogens with two attached hydrogens (primary N) is 1. The molecule has 2 rings (SSSR count). The number of carbonyl (C=O) groups excluding carboxylic acids is 1. The summed E-state index contributed by atoms with van der Waals surface area (Å²) in [5.41, 5.74) is 2.61. The largest absolute Gasteiger partial charge is 0.443 e. The molecule has 0 spiro atoms. The van der Waals surface area contributed by atoms with E-state index in [1.807, 2.05) is 18.2 Å². The number of aryl methyl sites for hydroxylation is 1. The number of carbonyl (C=O) groups is 1. The maximum Gasteiger partial charge on any atom is 0.236 e. The SMILES string of the molecule is CN(N)C(=O)CCc1ccc2ncoc2c1. The molecule has 5 nitrogen and oxygen atoms in total. The summed E-state index contributed by atoms with van der Waals surface area (Å²) >= 11 is 0. The van der Waals surface area contributed by atoms with Crippen molar-refractivity contribution >= 4 is 17.0 Å². The molecule has 1 heterocycles. The van der Waals surface area contributed by atoms with E-state index in [2.05, 4.69) is 4.98 Å². The molecule has 1 aromatic carbocycles. The van der Waals surface area contributed by atoms with Gasteiger partial charge in [-0.2, -0.15) is 0 Å². The van der Waals surface area contributed by atoms with Crippen molar-refractivity contribution in [3.8, 4) is 0 Å². The molecule has 5 heteroatoms. The van der Waals surface area contributed by atoms with Crippen LogP contribution in [0.3, 0.4) is 0 Å². The third-order valence-corrected chi connectivity index (χ3v) is 2.42. The van der Waals surface area contributed by atoms with Gasteiger partial charge in [0, 0.05) is 13.5 Å². The van der Waals surface area contributed by atoms with Gasteiger partial charge in [-0.15, -0.1) is 0 Å². The van der Waals surface area contributed by atoms with Crippen LogP contribution in [0, 0.1) is 0 Å². The number of fused-ring (bicyclic) bond motifs is 1. The molecular formula is C11H13N3O2. The lowest BCUT2D eigenvalue weighted by Gasteiger charge is -2.09. The second-order valence-electron chi connectivity index (χ2n) is 3.66. The van der Waals surface area contributed by atoms with E-state index in [0.29, 0.717) is 12.8 Å². The van der Waals surface area contributed by atoms with Crippen LogP contribution in [-0.4, -0.2) is 22.9 Å². The van der Waals surface area contributed by atoms with Crippen molar-refractivity contribution in [2.24, 2.45) is 5.84 Å². The van der Waals surface area contributed by atoms with Gasteiger partial charge in [0.05, 0.1) is 0 Å². The Morgan fingerprint density at radius 1 is 1.56 bits per heavy atom. The highest BCUT2D eigenvalue weighted by atomic mass is 16.3. The lowest BCUT2D eigenvalue weighted by molar-refractivity contribution is -0.130. The summed E-state index contributed by atoms with van der Waals surface area (Å²) < 4.78 is 5.18. The fourth-order valence-corrected chi connectivity index (χ4v) is 1.48. The van der Waals surface area contributed by atoms with E-state index in [1.54, 1.807) is 7.05 Å². The fraction of sp³-hybridized carbons (Fsp3) is 0.273. The van der Waals surface area contributed by atoms with Crippen LogP contribution in [0.1, 0.15) is 12.0 Å². The molecule has 0 aliphatic carbocycles. The Morgan fingerprint density at radius 2 is 2.38 bits per heavy atom. The highest BCUT2D eigenvalue weighted by molar-refractivity contribution is 5.76. The normalized spacial score (nSPS) is 10.6. The second kappa shape index (κ2) is 4.32. The number of hydrazine groups is 1. The van der Waals surface area contributed by atoms with Crippen molar-refractivity contribution in [2.45, 2.75) is 12.8 Å². The molecule has 0 bridgehead atoms. The summed E-state index contributed by atoms with van der Waals surface area (Å²) in [6.07, 6.45) is 2.46. The van der Waals surface area contributed by atoms with Crippen LogP contribution in [0.2, 0.25) is 0 Å². The average Bonchev–Trinajstić information content (AvgIpc) is 2.72. The summed E-state index contributed by atoms with van der Waals surface area (Å²) in [6.45, 7) is 0. The highest BCUT2D eigenvalue weighted by Gasteiger charge is 2.06. The first-order valence-corrected chi connectivity index (χ1v) is 5.00. The lowest BCUT2D eigenvalue weighted by atomic mass is 10.1. The smallest absolute Gasteiger partial charge is 0.236 e. The first-order chi connectivity index (χ1) is 7.66. The molecule has 0 saturated carbocycles. The zero-order valence-corrected chi connectivity index (χ0v) is 9.01. The summed E-state index contributed by atoms with van der Waals surface area (Å²) in [6, 6.07) is 5.71. The zero-order chi connectivity index (χ0) is 11.5. The minimum Gasteiger partial charge on any atom is -0.443 e. The number of aromatic nitrogens is 1. The lowest BCUT2D eigenvalue weighted by Crippen LogP contribution is -2.33. The van der Waals surface area contributed by atoms with Crippen molar-refractivity contribution in [1.29, 1.82) is 0 Å². The van der Waals surface area contributed by atoms with Crippen LogP contribution in [0.4, 0.5) is 0 Å². The summed E-state index contributed by atoms with van der Waals surface area (Å²) in [5, 5.41) is 1.10. The molecule has 1 amide bonds. The van der Waals surface area contributed by atoms with Crippen LogP contribution >= 0.6 is 0 Å². The summed E-state index contributed by atoms with van der Waals surface area (Å²) in [7, 11) is 1.54. The quantitative estimate of drug-likeness (QED) is 0.476. The highest BCUT2D eigenvalue weighted by Crippen LogP contribution is 2.15. The van der Waals surface area contributed by atoms with E-state index in [4.69, 9.17) is 10.3 Å². The zero-order valence-electron chi connectivity index (χ0n) is 9.01. The molecule has 0 saturated heterocycles. The van der Waals surface area contributed by atoms with Gasteiger partial charge in [-0.25, -0.2) is 10.8 Å². The third-order valence-electron chi connectivity index (χ3n) is 2.42. The molecule has 0 aliphatic heterocycles. The van der Waals surface area contributed by atoms with Crippen molar-refractivity contribution in [2.75, 3.05) is 7.05 Å². The van der Waals surface area contributed by atoms with E-state index >= 15 is 0 Å². The number of hydrogen-bond acceptors (Lipinski definition) is 4. The molecule has 0 unspecified atom stereocenters. The Morgan fingerprint density at radius 3 is 3.12 bits per heavy atom. The standard InChI is InChI=1S/C11H13N3O2/c1-14(12)11(15)5-3-8-2-4-9-10(6-8)16-7-13-9/h2,4,6-7H,3,5,12H2,1H3. The van der Waals surface area contributed by atoms with Gasteiger partial charge in [-0.3, -0.25) is 9.80 Å². The summed E-state index contributed by atoms with van der Waals surface area (Å²) in [5.74, 6) is 5.24. The third kappa shape index (κ3) is 2.20. The average molecular weight is 219 g/mol. The Bertz CT molecular complexity index is 505. The van der Waals surface area contributed by atoms with E-state index in [0.717, 1.165) is 21.7 Å². The van der Waals surface area contributed by atoms with Crippen LogP contribution < -0.4 is 5.84 Å². The number of rotatable bonds is 3. The van der Waals surface area contributed by atoms with Crippen LogP contribution in [0.5, 0.6) is 0 Å². The Kier molecular flexibility index (Phi) is 2.87. The molecule has 1 aromatic heterocycles. The van der Waals surface area contributed by atoms with Crippen LogP contribution in [0.15, 0.2) is 29.0 Å². The molecule has 2 aromatic rings. The molecule has 16 heavy (non-hydrogen) atoms. The molecule has 84 valence electrons. The Balaban J connectivity index is 2.06. The number of benzene rings is 1. The van der Waals surface area contributed by atoms with Gasteiger partial charge in [0.1, 0.15) is 5.52 Å². The number of nitrogens with zero attached hydrogens (tertiary/aromatic N) is 2. The van der Waals surface area contributed by atoms with Gasteiger partial charge in [0.25, 0.3) is 0 Å². The number of amides is 1. The topological polar surface area (TPSA) is 72.4 Å². The minimum atomic E-state index is -0.0855. The maximum absolute atomic E-state index is 11.3.